The lowest BCUT2D eigenvalue weighted by atomic mass is 10.1. The summed E-state index contributed by atoms with van der Waals surface area (Å²) in [6.07, 6.45) is 3.80. The van der Waals surface area contributed by atoms with Gasteiger partial charge in [-0.25, -0.2) is 0 Å². The Bertz CT molecular complexity index is 439. The summed E-state index contributed by atoms with van der Waals surface area (Å²) in [6, 6.07) is 0.157. The van der Waals surface area contributed by atoms with Crippen LogP contribution >= 0.6 is 15.9 Å². The fourth-order valence-electron chi connectivity index (χ4n) is 2.22. The van der Waals surface area contributed by atoms with E-state index in [2.05, 4.69) is 26.3 Å². The highest BCUT2D eigenvalue weighted by Crippen LogP contribution is 2.20. The summed E-state index contributed by atoms with van der Waals surface area (Å²) in [4.78, 5) is 12.3. The van der Waals surface area contributed by atoms with Crippen molar-refractivity contribution in [1.82, 2.24) is 15.1 Å². The second kappa shape index (κ2) is 6.63. The van der Waals surface area contributed by atoms with Gasteiger partial charge in [-0.15, -0.1) is 0 Å². The van der Waals surface area contributed by atoms with Crippen LogP contribution in [0, 0.1) is 0 Å². The molecule has 19 heavy (non-hydrogen) atoms. The van der Waals surface area contributed by atoms with Crippen LogP contribution in [0.25, 0.3) is 0 Å². The molecule has 1 aliphatic rings. The molecular formula is C13H20BrN3O2. The number of aromatic nitrogens is 2. The first-order valence-electron chi connectivity index (χ1n) is 6.68. The average molecular weight is 330 g/mol. The molecule has 1 aromatic heterocycles. The number of ether oxygens (including phenoxy) is 1. The summed E-state index contributed by atoms with van der Waals surface area (Å²) in [5.74, 6) is -0.0170. The third-order valence-electron chi connectivity index (χ3n) is 3.24. The molecular weight excluding hydrogens is 310 g/mol. The van der Waals surface area contributed by atoms with Gasteiger partial charge < -0.3 is 10.1 Å². The summed E-state index contributed by atoms with van der Waals surface area (Å²) in [5, 5.41) is 7.49. The maximum atomic E-state index is 12.3. The zero-order valence-electron chi connectivity index (χ0n) is 11.4. The van der Waals surface area contributed by atoms with E-state index >= 15 is 0 Å². The maximum absolute atomic E-state index is 12.3. The van der Waals surface area contributed by atoms with Gasteiger partial charge in [-0.05, 0) is 55.7 Å². The SMILES string of the molecule is CC(C)n1ncc(Br)c1C(=O)COC1CCNCC1. The number of halogens is 1. The summed E-state index contributed by atoms with van der Waals surface area (Å²) in [5.41, 5.74) is 0.601. The number of nitrogens with one attached hydrogen (secondary N) is 1. The second-order valence-corrected chi connectivity index (χ2v) is 5.92. The van der Waals surface area contributed by atoms with Crippen molar-refractivity contribution in [1.29, 1.82) is 0 Å². The highest BCUT2D eigenvalue weighted by Gasteiger charge is 2.21. The average Bonchev–Trinajstić information content (AvgIpc) is 2.79. The van der Waals surface area contributed by atoms with Gasteiger partial charge in [-0.2, -0.15) is 5.10 Å². The van der Waals surface area contributed by atoms with E-state index in [-0.39, 0.29) is 24.5 Å². The molecule has 5 nitrogen and oxygen atoms in total. The van der Waals surface area contributed by atoms with Crippen LogP contribution in [0.15, 0.2) is 10.7 Å². The first kappa shape index (κ1) is 14.7. The molecule has 0 radical (unpaired) electrons. The van der Waals surface area contributed by atoms with Crippen LogP contribution in [0.4, 0.5) is 0 Å². The summed E-state index contributed by atoms with van der Waals surface area (Å²) in [7, 11) is 0. The number of nitrogens with zero attached hydrogens (tertiary/aromatic N) is 2. The Balaban J connectivity index is 1.97. The third-order valence-corrected chi connectivity index (χ3v) is 3.82. The van der Waals surface area contributed by atoms with Crippen molar-refractivity contribution < 1.29 is 9.53 Å². The molecule has 0 spiro atoms. The lowest BCUT2D eigenvalue weighted by Crippen LogP contribution is -2.33. The Morgan fingerprint density at radius 3 is 2.89 bits per heavy atom. The summed E-state index contributed by atoms with van der Waals surface area (Å²) >= 11 is 3.38. The van der Waals surface area contributed by atoms with Crippen LogP contribution in [0.2, 0.25) is 0 Å². The van der Waals surface area contributed by atoms with E-state index in [0.717, 1.165) is 30.4 Å². The molecule has 2 rings (SSSR count). The van der Waals surface area contributed by atoms with E-state index in [1.165, 1.54) is 0 Å². The molecule has 0 bridgehead atoms. The van der Waals surface area contributed by atoms with Crippen LogP contribution in [-0.2, 0) is 4.74 Å². The first-order valence-corrected chi connectivity index (χ1v) is 7.47. The molecule has 1 aliphatic heterocycles. The van der Waals surface area contributed by atoms with Crippen molar-refractivity contribution in [2.75, 3.05) is 19.7 Å². The van der Waals surface area contributed by atoms with Gasteiger partial charge in [0.1, 0.15) is 12.3 Å². The Morgan fingerprint density at radius 2 is 2.26 bits per heavy atom. The minimum Gasteiger partial charge on any atom is -0.370 e. The molecule has 1 saturated heterocycles. The van der Waals surface area contributed by atoms with Gasteiger partial charge in [-0.3, -0.25) is 9.48 Å². The predicted molar refractivity (Wildman–Crippen MR) is 76.5 cm³/mol. The van der Waals surface area contributed by atoms with Crippen molar-refractivity contribution in [3.8, 4) is 0 Å². The van der Waals surface area contributed by atoms with Crippen LogP contribution in [-0.4, -0.2) is 41.4 Å². The number of hydrogen-bond donors (Lipinski definition) is 1. The van der Waals surface area contributed by atoms with E-state index in [4.69, 9.17) is 4.74 Å². The van der Waals surface area contributed by atoms with Crippen LogP contribution in [0.1, 0.15) is 43.2 Å². The van der Waals surface area contributed by atoms with Crippen molar-refractivity contribution >= 4 is 21.7 Å². The minimum atomic E-state index is -0.0170. The molecule has 0 saturated carbocycles. The molecule has 2 heterocycles. The lowest BCUT2D eigenvalue weighted by Gasteiger charge is -2.22. The topological polar surface area (TPSA) is 56.2 Å². The molecule has 6 heteroatoms. The quantitative estimate of drug-likeness (QED) is 0.841. The van der Waals surface area contributed by atoms with Crippen LogP contribution in [0.5, 0.6) is 0 Å². The number of carbonyl (C=O) groups excluding carboxylic acids is 1. The smallest absolute Gasteiger partial charge is 0.207 e. The molecule has 1 fully saturated rings. The largest absolute Gasteiger partial charge is 0.370 e. The second-order valence-electron chi connectivity index (χ2n) is 5.06. The van der Waals surface area contributed by atoms with Gasteiger partial charge in [0.2, 0.25) is 5.78 Å². The van der Waals surface area contributed by atoms with E-state index in [9.17, 15) is 4.79 Å². The molecule has 0 amide bonds. The van der Waals surface area contributed by atoms with E-state index in [1.807, 2.05) is 13.8 Å². The molecule has 106 valence electrons. The predicted octanol–water partition coefficient (Wildman–Crippen LogP) is 2.18. The number of piperidine rings is 1. The fraction of sp³-hybridized carbons (Fsp3) is 0.692. The first-order chi connectivity index (χ1) is 9.09. The molecule has 0 atom stereocenters. The molecule has 0 aromatic carbocycles. The Kier molecular flexibility index (Phi) is 5.13. The number of hydrogen-bond acceptors (Lipinski definition) is 4. The van der Waals surface area contributed by atoms with E-state index < -0.39 is 0 Å². The summed E-state index contributed by atoms with van der Waals surface area (Å²) in [6.45, 7) is 6.06. The molecule has 0 unspecified atom stereocenters. The Hall–Kier alpha value is -0.720. The van der Waals surface area contributed by atoms with Crippen molar-refractivity contribution in [2.24, 2.45) is 0 Å². The number of rotatable bonds is 5. The third kappa shape index (κ3) is 3.64. The number of ketones is 1. The highest BCUT2D eigenvalue weighted by molar-refractivity contribution is 9.10. The van der Waals surface area contributed by atoms with E-state index in [1.54, 1.807) is 10.9 Å². The lowest BCUT2D eigenvalue weighted by molar-refractivity contribution is 0.0310. The van der Waals surface area contributed by atoms with Crippen molar-refractivity contribution in [3.05, 3.63) is 16.4 Å². The maximum Gasteiger partial charge on any atom is 0.207 e. The van der Waals surface area contributed by atoms with Crippen LogP contribution in [0.3, 0.4) is 0 Å². The minimum absolute atomic E-state index is 0.0170. The van der Waals surface area contributed by atoms with E-state index in [0.29, 0.717) is 5.69 Å². The molecule has 1 N–H and O–H groups in total. The fourth-order valence-corrected chi connectivity index (χ4v) is 2.71. The number of carbonyl (C=O) groups is 1. The van der Waals surface area contributed by atoms with Crippen molar-refractivity contribution in [2.45, 2.75) is 38.8 Å². The zero-order valence-corrected chi connectivity index (χ0v) is 12.9. The standard InChI is InChI=1S/C13H20BrN3O2/c1-9(2)17-13(11(14)7-16-17)12(18)8-19-10-3-5-15-6-4-10/h7,9-10,15H,3-6,8H2,1-2H3. The number of Topliss-reactive ketones (excluding diaryl/α,β-unsaturated/α-hetero) is 1. The van der Waals surface area contributed by atoms with Gasteiger partial charge in [0.15, 0.2) is 0 Å². The van der Waals surface area contributed by atoms with Crippen molar-refractivity contribution in [3.63, 3.8) is 0 Å². The monoisotopic (exact) mass is 329 g/mol. The molecule has 1 aromatic rings. The van der Waals surface area contributed by atoms with Gasteiger partial charge in [0.25, 0.3) is 0 Å². The van der Waals surface area contributed by atoms with Crippen LogP contribution < -0.4 is 5.32 Å². The van der Waals surface area contributed by atoms with Gasteiger partial charge in [0.05, 0.1) is 16.8 Å². The van der Waals surface area contributed by atoms with Gasteiger partial charge in [-0.1, -0.05) is 0 Å². The van der Waals surface area contributed by atoms with Gasteiger partial charge in [0, 0.05) is 6.04 Å². The Labute approximate surface area is 121 Å². The van der Waals surface area contributed by atoms with Gasteiger partial charge >= 0.3 is 0 Å². The summed E-state index contributed by atoms with van der Waals surface area (Å²) < 4.78 is 8.18. The normalized spacial score (nSPS) is 17.1. The highest BCUT2D eigenvalue weighted by atomic mass is 79.9. The zero-order chi connectivity index (χ0) is 13.8. The molecule has 0 aliphatic carbocycles. The Morgan fingerprint density at radius 1 is 1.58 bits per heavy atom.